The number of ether oxygens (including phenoxy) is 2. The maximum Gasteiger partial charge on any atom is 0.256 e. The SMILES string of the molecule is N#Cc1ccc(COc2cccc(C3CCN(Cc4nc5ccc6c(=O)[nH]cc(F)c6c5n4C[C@@H]4CCCO4)CC3)n2)c(F)c1. The summed E-state index contributed by atoms with van der Waals surface area (Å²) in [5.74, 6) is 0.548. The van der Waals surface area contributed by atoms with E-state index in [1.165, 1.54) is 6.07 Å². The van der Waals surface area contributed by atoms with Crippen molar-refractivity contribution in [2.75, 3.05) is 19.7 Å². The van der Waals surface area contributed by atoms with E-state index in [-0.39, 0.29) is 29.8 Å². The lowest BCUT2D eigenvalue weighted by Crippen LogP contribution is -2.34. The summed E-state index contributed by atoms with van der Waals surface area (Å²) in [4.78, 5) is 27.0. The minimum atomic E-state index is -0.478. The Morgan fingerprint density at radius 1 is 1.07 bits per heavy atom. The average molecular weight is 611 g/mol. The fraction of sp³-hybridized carbons (Fsp3) is 0.353. The molecule has 5 heterocycles. The minimum absolute atomic E-state index is 0.0150. The maximum atomic E-state index is 15.2. The van der Waals surface area contributed by atoms with Gasteiger partial charge in [-0.25, -0.2) is 18.7 Å². The van der Waals surface area contributed by atoms with Gasteiger partial charge in [-0.2, -0.15) is 5.26 Å². The molecular weight excluding hydrogens is 578 g/mol. The number of fused-ring (bicyclic) bond motifs is 3. The summed E-state index contributed by atoms with van der Waals surface area (Å²) >= 11 is 0. The van der Waals surface area contributed by atoms with E-state index in [9.17, 15) is 9.18 Å². The third-order valence-corrected chi connectivity index (χ3v) is 8.88. The van der Waals surface area contributed by atoms with Crippen molar-refractivity contribution in [3.63, 3.8) is 0 Å². The highest BCUT2D eigenvalue weighted by molar-refractivity contribution is 6.04. The normalized spacial score (nSPS) is 17.7. The Morgan fingerprint density at radius 3 is 2.71 bits per heavy atom. The van der Waals surface area contributed by atoms with Gasteiger partial charge in [-0.1, -0.05) is 12.1 Å². The topological polar surface area (TPSA) is 109 Å². The van der Waals surface area contributed by atoms with Crippen LogP contribution in [0.1, 0.15) is 54.2 Å². The van der Waals surface area contributed by atoms with E-state index in [4.69, 9.17) is 24.7 Å². The van der Waals surface area contributed by atoms with Crippen molar-refractivity contribution >= 4 is 21.8 Å². The van der Waals surface area contributed by atoms with E-state index in [2.05, 4.69) is 14.5 Å². The molecule has 230 valence electrons. The van der Waals surface area contributed by atoms with Crippen LogP contribution in [0.2, 0.25) is 0 Å². The van der Waals surface area contributed by atoms with Crippen LogP contribution in [0.15, 0.2) is 59.5 Å². The molecule has 1 N–H and O–H groups in total. The molecule has 0 spiro atoms. The Bertz CT molecular complexity index is 1970. The van der Waals surface area contributed by atoms with Gasteiger partial charge in [0.2, 0.25) is 5.88 Å². The van der Waals surface area contributed by atoms with Crippen LogP contribution in [0.25, 0.3) is 21.8 Å². The molecule has 0 unspecified atom stereocenters. The Hall–Kier alpha value is -4.66. The Kier molecular flexibility index (Phi) is 8.00. The number of rotatable bonds is 8. The molecule has 2 aliphatic rings. The first-order chi connectivity index (χ1) is 22.0. The first-order valence-electron chi connectivity index (χ1n) is 15.3. The number of piperidine rings is 1. The lowest BCUT2D eigenvalue weighted by molar-refractivity contribution is 0.0960. The highest BCUT2D eigenvalue weighted by Gasteiger charge is 2.26. The summed E-state index contributed by atoms with van der Waals surface area (Å²) in [6.07, 6.45) is 4.83. The molecule has 11 heteroatoms. The second kappa shape index (κ2) is 12.4. The quantitative estimate of drug-likeness (QED) is 0.245. The van der Waals surface area contributed by atoms with E-state index in [1.54, 1.807) is 30.3 Å². The molecule has 0 amide bonds. The summed E-state index contributed by atoms with van der Waals surface area (Å²) < 4.78 is 43.3. The number of halogens is 2. The Morgan fingerprint density at radius 2 is 1.93 bits per heavy atom. The van der Waals surface area contributed by atoms with E-state index in [0.29, 0.717) is 52.9 Å². The molecule has 7 rings (SSSR count). The van der Waals surface area contributed by atoms with Crippen LogP contribution in [0, 0.1) is 23.0 Å². The van der Waals surface area contributed by atoms with Crippen molar-refractivity contribution < 1.29 is 18.3 Å². The summed E-state index contributed by atoms with van der Waals surface area (Å²) in [7, 11) is 0. The van der Waals surface area contributed by atoms with Crippen LogP contribution in [-0.4, -0.2) is 50.2 Å². The van der Waals surface area contributed by atoms with Crippen LogP contribution < -0.4 is 10.3 Å². The maximum absolute atomic E-state index is 15.2. The fourth-order valence-electron chi connectivity index (χ4n) is 6.50. The van der Waals surface area contributed by atoms with Crippen LogP contribution >= 0.6 is 0 Å². The van der Waals surface area contributed by atoms with Gasteiger partial charge in [-0.05, 0) is 69.1 Å². The monoisotopic (exact) mass is 610 g/mol. The molecule has 3 aromatic heterocycles. The van der Waals surface area contributed by atoms with Crippen molar-refractivity contribution in [3.05, 3.63) is 99.4 Å². The third-order valence-electron chi connectivity index (χ3n) is 8.88. The van der Waals surface area contributed by atoms with Crippen LogP contribution in [-0.2, 0) is 24.4 Å². The second-order valence-electron chi connectivity index (χ2n) is 11.8. The number of pyridine rings is 2. The minimum Gasteiger partial charge on any atom is -0.473 e. The number of aromatic nitrogens is 4. The average Bonchev–Trinajstić information content (AvgIpc) is 3.70. The van der Waals surface area contributed by atoms with Crippen molar-refractivity contribution in [1.29, 1.82) is 5.26 Å². The molecule has 2 aliphatic heterocycles. The third kappa shape index (κ3) is 5.91. The van der Waals surface area contributed by atoms with E-state index in [0.717, 1.165) is 56.5 Å². The van der Waals surface area contributed by atoms with Gasteiger partial charge in [0.25, 0.3) is 5.56 Å². The zero-order valence-electron chi connectivity index (χ0n) is 24.6. The van der Waals surface area contributed by atoms with Gasteiger partial charge in [0.1, 0.15) is 24.1 Å². The van der Waals surface area contributed by atoms with Crippen molar-refractivity contribution in [2.45, 2.75) is 57.4 Å². The zero-order valence-corrected chi connectivity index (χ0v) is 24.6. The molecule has 2 saturated heterocycles. The van der Waals surface area contributed by atoms with E-state index >= 15 is 4.39 Å². The highest BCUT2D eigenvalue weighted by atomic mass is 19.1. The number of aromatic amines is 1. The lowest BCUT2D eigenvalue weighted by atomic mass is 9.93. The highest BCUT2D eigenvalue weighted by Crippen LogP contribution is 2.32. The second-order valence-corrected chi connectivity index (χ2v) is 11.8. The van der Waals surface area contributed by atoms with Gasteiger partial charge >= 0.3 is 0 Å². The van der Waals surface area contributed by atoms with Crippen LogP contribution in [0.3, 0.4) is 0 Å². The number of imidazole rings is 1. The number of hydrogen-bond acceptors (Lipinski definition) is 7. The Balaban J connectivity index is 1.07. The van der Waals surface area contributed by atoms with Gasteiger partial charge in [0.05, 0.1) is 52.6 Å². The summed E-state index contributed by atoms with van der Waals surface area (Å²) in [5, 5.41) is 9.56. The number of likely N-dealkylation sites (tertiary alicyclic amines) is 1. The van der Waals surface area contributed by atoms with Crippen molar-refractivity contribution in [1.82, 2.24) is 24.4 Å². The molecular formula is C34H32F2N6O3. The van der Waals surface area contributed by atoms with Crippen molar-refractivity contribution in [3.8, 4) is 11.9 Å². The van der Waals surface area contributed by atoms with Crippen molar-refractivity contribution in [2.24, 2.45) is 0 Å². The first kappa shape index (κ1) is 29.1. The zero-order chi connectivity index (χ0) is 30.9. The summed E-state index contributed by atoms with van der Waals surface area (Å²) in [6.45, 7) is 3.52. The number of nitrogens with one attached hydrogen (secondary N) is 1. The standard InChI is InChI=1S/C34H32F2N6O3/c35-26-15-21(16-37)6-7-23(26)20-45-31-5-1-4-28(40-31)22-10-12-41(13-11-22)19-30-39-29-9-8-25-32(27(36)17-38-34(25)43)33(29)42(30)18-24-3-2-14-44-24/h1,4-9,15,17,22,24H,2-3,10-14,18-20H2,(H,38,43)/t24-/m0/s1. The number of benzene rings is 2. The molecule has 0 aliphatic carbocycles. The predicted octanol–water partition coefficient (Wildman–Crippen LogP) is 5.56. The van der Waals surface area contributed by atoms with Gasteiger partial charge < -0.3 is 19.0 Å². The molecule has 0 saturated carbocycles. The number of nitriles is 1. The largest absolute Gasteiger partial charge is 0.473 e. The molecule has 0 bridgehead atoms. The smallest absolute Gasteiger partial charge is 0.256 e. The fourth-order valence-corrected chi connectivity index (χ4v) is 6.50. The molecule has 0 radical (unpaired) electrons. The summed E-state index contributed by atoms with van der Waals surface area (Å²) in [6, 6.07) is 15.4. The van der Waals surface area contributed by atoms with Crippen LogP contribution in [0.4, 0.5) is 8.78 Å². The molecule has 9 nitrogen and oxygen atoms in total. The number of hydrogen-bond donors (Lipinski definition) is 1. The number of H-pyrrole nitrogens is 1. The van der Waals surface area contributed by atoms with Gasteiger partial charge in [-0.15, -0.1) is 0 Å². The molecule has 5 aromatic rings. The first-order valence-corrected chi connectivity index (χ1v) is 15.3. The van der Waals surface area contributed by atoms with E-state index in [1.807, 2.05) is 18.2 Å². The lowest BCUT2D eigenvalue weighted by Gasteiger charge is -2.31. The van der Waals surface area contributed by atoms with Gasteiger partial charge in [0.15, 0.2) is 0 Å². The predicted molar refractivity (Wildman–Crippen MR) is 164 cm³/mol. The summed E-state index contributed by atoms with van der Waals surface area (Å²) in [5.41, 5.74) is 2.54. The van der Waals surface area contributed by atoms with E-state index < -0.39 is 11.6 Å². The van der Waals surface area contributed by atoms with Gasteiger partial charge in [0, 0.05) is 36.0 Å². The molecule has 45 heavy (non-hydrogen) atoms. The Labute approximate surface area is 258 Å². The molecule has 2 aromatic carbocycles. The van der Waals surface area contributed by atoms with Gasteiger partial charge in [-0.3, -0.25) is 9.69 Å². The molecule has 1 atom stereocenters. The molecule has 2 fully saturated rings. The number of nitrogens with zero attached hydrogens (tertiary/aromatic N) is 5. The van der Waals surface area contributed by atoms with Crippen LogP contribution in [0.5, 0.6) is 5.88 Å².